The van der Waals surface area contributed by atoms with Crippen molar-refractivity contribution in [1.29, 1.82) is 0 Å². The van der Waals surface area contributed by atoms with Crippen LogP contribution in [0.15, 0.2) is 28.6 Å². The highest BCUT2D eigenvalue weighted by Gasteiger charge is 2.07. The predicted octanol–water partition coefficient (Wildman–Crippen LogP) is 2.42. The summed E-state index contributed by atoms with van der Waals surface area (Å²) < 4.78 is 0.581. The second kappa shape index (κ2) is 7.04. The summed E-state index contributed by atoms with van der Waals surface area (Å²) >= 11 is 2.39. The molecule has 2 aromatic rings. The van der Waals surface area contributed by atoms with Crippen molar-refractivity contribution in [3.8, 4) is 0 Å². The SMILES string of the molecule is CC(=O)Nc1cccc(Nc2nnc(SCC(=O)O)s2)c1. The van der Waals surface area contributed by atoms with Crippen LogP contribution in [0, 0.1) is 0 Å². The van der Waals surface area contributed by atoms with Gasteiger partial charge in [0.1, 0.15) is 0 Å². The van der Waals surface area contributed by atoms with Gasteiger partial charge in [-0.3, -0.25) is 9.59 Å². The molecule has 0 atom stereocenters. The summed E-state index contributed by atoms with van der Waals surface area (Å²) in [5.41, 5.74) is 1.43. The molecule has 0 aliphatic heterocycles. The van der Waals surface area contributed by atoms with Crippen LogP contribution in [-0.4, -0.2) is 32.9 Å². The first kappa shape index (κ1) is 15.3. The molecule has 1 aromatic carbocycles. The summed E-state index contributed by atoms with van der Waals surface area (Å²) in [6.45, 7) is 1.44. The van der Waals surface area contributed by atoms with E-state index in [1.165, 1.54) is 18.3 Å². The van der Waals surface area contributed by atoms with E-state index in [-0.39, 0.29) is 11.7 Å². The van der Waals surface area contributed by atoms with Gasteiger partial charge in [0, 0.05) is 18.3 Å². The zero-order valence-electron chi connectivity index (χ0n) is 11.0. The van der Waals surface area contributed by atoms with Crippen LogP contribution in [0.5, 0.6) is 0 Å². The monoisotopic (exact) mass is 324 g/mol. The number of rotatable bonds is 6. The third-order valence-corrected chi connectivity index (χ3v) is 4.12. The first-order valence-electron chi connectivity index (χ1n) is 5.86. The Morgan fingerprint density at radius 1 is 1.33 bits per heavy atom. The molecule has 0 unspecified atom stereocenters. The lowest BCUT2D eigenvalue weighted by atomic mass is 10.3. The quantitative estimate of drug-likeness (QED) is 0.701. The minimum absolute atomic E-state index is 0.0490. The first-order valence-corrected chi connectivity index (χ1v) is 7.66. The number of nitrogens with zero attached hydrogens (tertiary/aromatic N) is 2. The lowest BCUT2D eigenvalue weighted by Gasteiger charge is -2.05. The molecule has 0 saturated carbocycles. The number of carboxylic acids is 1. The molecule has 0 bridgehead atoms. The van der Waals surface area contributed by atoms with E-state index in [0.717, 1.165) is 17.4 Å². The molecule has 1 aromatic heterocycles. The highest BCUT2D eigenvalue weighted by atomic mass is 32.2. The Hall–Kier alpha value is -2.13. The zero-order valence-corrected chi connectivity index (χ0v) is 12.6. The smallest absolute Gasteiger partial charge is 0.313 e. The van der Waals surface area contributed by atoms with Crippen molar-refractivity contribution in [1.82, 2.24) is 10.2 Å². The van der Waals surface area contributed by atoms with Gasteiger partial charge in [-0.25, -0.2) is 0 Å². The van der Waals surface area contributed by atoms with Gasteiger partial charge in [0.15, 0.2) is 4.34 Å². The van der Waals surface area contributed by atoms with Gasteiger partial charge in [-0.1, -0.05) is 29.2 Å². The Morgan fingerprint density at radius 2 is 2.10 bits per heavy atom. The normalized spacial score (nSPS) is 10.1. The maximum absolute atomic E-state index is 11.0. The van der Waals surface area contributed by atoms with Crippen molar-refractivity contribution in [2.75, 3.05) is 16.4 Å². The number of nitrogens with one attached hydrogen (secondary N) is 2. The highest BCUT2D eigenvalue weighted by molar-refractivity contribution is 8.01. The van der Waals surface area contributed by atoms with Gasteiger partial charge in [0.05, 0.1) is 5.75 Å². The lowest BCUT2D eigenvalue weighted by molar-refractivity contribution is -0.133. The zero-order chi connectivity index (χ0) is 15.2. The van der Waals surface area contributed by atoms with Crippen LogP contribution in [0.2, 0.25) is 0 Å². The molecular formula is C12H12N4O3S2. The molecule has 9 heteroatoms. The number of carbonyl (C=O) groups excluding carboxylic acids is 1. The van der Waals surface area contributed by atoms with Gasteiger partial charge in [-0.15, -0.1) is 10.2 Å². The number of amides is 1. The Morgan fingerprint density at radius 3 is 2.81 bits per heavy atom. The summed E-state index contributed by atoms with van der Waals surface area (Å²) in [6.07, 6.45) is 0. The van der Waals surface area contributed by atoms with E-state index < -0.39 is 5.97 Å². The van der Waals surface area contributed by atoms with Crippen molar-refractivity contribution in [2.45, 2.75) is 11.3 Å². The number of carboxylic acid groups (broad SMARTS) is 1. The first-order chi connectivity index (χ1) is 10.0. The number of hydrogen-bond donors (Lipinski definition) is 3. The number of thioether (sulfide) groups is 1. The fourth-order valence-electron chi connectivity index (χ4n) is 1.44. The van der Waals surface area contributed by atoms with Crippen LogP contribution in [-0.2, 0) is 9.59 Å². The summed E-state index contributed by atoms with van der Waals surface area (Å²) in [5.74, 6) is -1.09. The van der Waals surface area contributed by atoms with Crippen LogP contribution in [0.4, 0.5) is 16.5 Å². The number of anilines is 3. The van der Waals surface area contributed by atoms with Crippen LogP contribution < -0.4 is 10.6 Å². The van der Waals surface area contributed by atoms with E-state index in [1.807, 2.05) is 6.07 Å². The summed E-state index contributed by atoms with van der Waals surface area (Å²) in [6, 6.07) is 7.18. The summed E-state index contributed by atoms with van der Waals surface area (Å²) in [7, 11) is 0. The van der Waals surface area contributed by atoms with Crippen LogP contribution in [0.3, 0.4) is 0 Å². The molecule has 1 heterocycles. The van der Waals surface area contributed by atoms with Gasteiger partial charge in [-0.2, -0.15) is 0 Å². The van der Waals surface area contributed by atoms with Gasteiger partial charge < -0.3 is 15.7 Å². The second-order valence-electron chi connectivity index (χ2n) is 3.94. The van der Waals surface area contributed by atoms with E-state index in [9.17, 15) is 9.59 Å². The minimum atomic E-state index is -0.896. The molecule has 7 nitrogen and oxygen atoms in total. The number of hydrogen-bond acceptors (Lipinski definition) is 7. The summed E-state index contributed by atoms with van der Waals surface area (Å²) in [4.78, 5) is 21.5. The van der Waals surface area contributed by atoms with E-state index in [1.54, 1.807) is 18.2 Å². The van der Waals surface area contributed by atoms with Crippen molar-refractivity contribution >= 4 is 51.5 Å². The standard InChI is InChI=1S/C12H12N4O3S2/c1-7(17)13-8-3-2-4-9(5-8)14-11-15-16-12(21-11)20-6-10(18)19/h2-5H,6H2,1H3,(H,13,17)(H,14,15)(H,18,19). The number of aromatic nitrogens is 2. The Balaban J connectivity index is 2.01. The minimum Gasteiger partial charge on any atom is -0.481 e. The number of aliphatic carboxylic acids is 1. The van der Waals surface area contributed by atoms with Gasteiger partial charge in [0.25, 0.3) is 0 Å². The predicted molar refractivity (Wildman–Crippen MR) is 82.3 cm³/mol. The van der Waals surface area contributed by atoms with Gasteiger partial charge in [0.2, 0.25) is 11.0 Å². The number of carbonyl (C=O) groups is 2. The lowest BCUT2D eigenvalue weighted by Crippen LogP contribution is -2.05. The molecule has 0 aliphatic carbocycles. The van der Waals surface area contributed by atoms with Crippen molar-refractivity contribution in [2.24, 2.45) is 0 Å². The third kappa shape index (κ3) is 5.04. The Bertz CT molecular complexity index is 659. The molecule has 0 spiro atoms. The molecule has 0 radical (unpaired) electrons. The Labute approximate surface area is 128 Å². The van der Waals surface area contributed by atoms with Crippen molar-refractivity contribution in [3.63, 3.8) is 0 Å². The maximum atomic E-state index is 11.0. The number of benzene rings is 1. The topological polar surface area (TPSA) is 104 Å². The van der Waals surface area contributed by atoms with Gasteiger partial charge in [-0.05, 0) is 18.2 Å². The van der Waals surface area contributed by atoms with Crippen LogP contribution in [0.1, 0.15) is 6.92 Å². The molecular weight excluding hydrogens is 312 g/mol. The molecule has 1 amide bonds. The molecule has 3 N–H and O–H groups in total. The maximum Gasteiger partial charge on any atom is 0.313 e. The van der Waals surface area contributed by atoms with E-state index in [4.69, 9.17) is 5.11 Å². The molecule has 110 valence electrons. The summed E-state index contributed by atoms with van der Waals surface area (Å²) in [5, 5.41) is 22.7. The highest BCUT2D eigenvalue weighted by Crippen LogP contribution is 2.28. The molecule has 0 saturated heterocycles. The fourth-order valence-corrected chi connectivity index (χ4v) is 2.94. The Kier molecular flexibility index (Phi) is 5.12. The average molecular weight is 324 g/mol. The molecule has 0 aliphatic rings. The van der Waals surface area contributed by atoms with E-state index in [0.29, 0.717) is 15.2 Å². The van der Waals surface area contributed by atoms with Crippen molar-refractivity contribution < 1.29 is 14.7 Å². The molecule has 0 fully saturated rings. The van der Waals surface area contributed by atoms with Crippen LogP contribution in [0.25, 0.3) is 0 Å². The second-order valence-corrected chi connectivity index (χ2v) is 6.14. The van der Waals surface area contributed by atoms with E-state index in [2.05, 4.69) is 20.8 Å². The largest absolute Gasteiger partial charge is 0.481 e. The van der Waals surface area contributed by atoms with E-state index >= 15 is 0 Å². The molecule has 21 heavy (non-hydrogen) atoms. The fraction of sp³-hybridized carbons (Fsp3) is 0.167. The van der Waals surface area contributed by atoms with Crippen molar-refractivity contribution in [3.05, 3.63) is 24.3 Å². The average Bonchev–Trinajstić information content (AvgIpc) is 2.83. The third-order valence-electron chi connectivity index (χ3n) is 2.16. The van der Waals surface area contributed by atoms with Crippen LogP contribution >= 0.6 is 23.1 Å². The molecule has 2 rings (SSSR count). The van der Waals surface area contributed by atoms with Gasteiger partial charge >= 0.3 is 5.97 Å².